The topological polar surface area (TPSA) is 126 Å². The first kappa shape index (κ1) is 31.7. The van der Waals surface area contributed by atoms with Crippen LogP contribution in [0.25, 0.3) is 5.69 Å². The highest BCUT2D eigenvalue weighted by molar-refractivity contribution is 8.15. The Labute approximate surface area is 258 Å². The molecule has 2 heterocycles. The van der Waals surface area contributed by atoms with Crippen molar-refractivity contribution in [3.05, 3.63) is 89.5 Å². The van der Waals surface area contributed by atoms with Crippen LogP contribution in [0.2, 0.25) is 0 Å². The lowest BCUT2D eigenvalue weighted by Crippen LogP contribution is -2.32. The maximum Gasteiger partial charge on any atom is 0.573 e. The third kappa shape index (κ3) is 8.09. The number of nitrogens with one attached hydrogen (secondary N) is 2. The first-order valence-electron chi connectivity index (χ1n) is 13.4. The van der Waals surface area contributed by atoms with Crippen LogP contribution < -0.4 is 20.3 Å². The number of ether oxygens (including phenoxy) is 2. The number of halogens is 4. The molecule has 0 aliphatic carbocycles. The number of aliphatic hydroxyl groups is 1. The molecule has 0 bridgehead atoms. The number of carbonyl (C=O) groups is 1. The Morgan fingerprint density at radius 3 is 2.62 bits per heavy atom. The first-order valence-corrected chi connectivity index (χ1v) is 14.3. The van der Waals surface area contributed by atoms with Crippen molar-refractivity contribution in [3.8, 4) is 11.4 Å². The fourth-order valence-electron chi connectivity index (χ4n) is 4.37. The zero-order chi connectivity index (χ0) is 32.1. The lowest BCUT2D eigenvalue weighted by molar-refractivity contribution is -0.274. The van der Waals surface area contributed by atoms with E-state index in [4.69, 9.17) is 4.74 Å². The second-order valence-corrected chi connectivity index (χ2v) is 10.7. The smallest absolute Gasteiger partial charge is 0.406 e. The lowest BCUT2D eigenvalue weighted by atomic mass is 10.1. The molecule has 1 fully saturated rings. The third-order valence-electron chi connectivity index (χ3n) is 6.38. The minimum atomic E-state index is -4.79. The number of aliphatic imine (C=N–C) groups is 1. The van der Waals surface area contributed by atoms with Gasteiger partial charge in [-0.2, -0.15) is 0 Å². The summed E-state index contributed by atoms with van der Waals surface area (Å²) in [4.78, 5) is 22.5. The van der Waals surface area contributed by atoms with Gasteiger partial charge in [0.2, 0.25) is 18.2 Å². The quantitative estimate of drug-likeness (QED) is 0.149. The molecule has 1 unspecified atom stereocenters. The van der Waals surface area contributed by atoms with Gasteiger partial charge < -0.3 is 25.2 Å². The van der Waals surface area contributed by atoms with Gasteiger partial charge in [-0.1, -0.05) is 30.0 Å². The number of thioether (sulfide) groups is 1. The predicted octanol–water partition coefficient (Wildman–Crippen LogP) is 5.20. The molecule has 1 aromatic heterocycles. The molecule has 0 radical (unpaired) electrons. The number of methoxy groups -OCH3 is 1. The molecule has 1 aliphatic rings. The van der Waals surface area contributed by atoms with Crippen molar-refractivity contribution >= 4 is 40.2 Å². The minimum Gasteiger partial charge on any atom is -0.406 e. The van der Waals surface area contributed by atoms with Crippen molar-refractivity contribution in [3.63, 3.8) is 0 Å². The van der Waals surface area contributed by atoms with Gasteiger partial charge in [0.25, 0.3) is 0 Å². The van der Waals surface area contributed by atoms with E-state index in [-0.39, 0.29) is 47.4 Å². The molecule has 5 rings (SSSR count). The van der Waals surface area contributed by atoms with Crippen molar-refractivity contribution in [2.45, 2.75) is 32.8 Å². The number of rotatable bonds is 11. The van der Waals surface area contributed by atoms with E-state index in [1.54, 1.807) is 13.2 Å². The molecule has 16 heteroatoms. The normalized spacial score (nSPS) is 15.0. The van der Waals surface area contributed by atoms with Gasteiger partial charge in [-0.15, -0.1) is 18.3 Å². The van der Waals surface area contributed by atoms with Crippen molar-refractivity contribution in [1.29, 1.82) is 0 Å². The van der Waals surface area contributed by atoms with E-state index in [9.17, 15) is 27.5 Å². The molecular weight excluding hydrogens is 618 g/mol. The highest BCUT2D eigenvalue weighted by atomic mass is 32.2. The summed E-state index contributed by atoms with van der Waals surface area (Å²) in [5.41, 5.74) is 3.30. The van der Waals surface area contributed by atoms with Gasteiger partial charge in [0.1, 0.15) is 17.9 Å². The van der Waals surface area contributed by atoms with Crippen LogP contribution in [0.5, 0.6) is 5.75 Å². The molecule has 1 amide bonds. The SMILES string of the molecule is COCc1ccc(C)cc1N1C(=O)CSC1=NC(O)Nc1ccc(CNc2ncn(-c3ccc(OC(F)(F)F)cc3)n2)cc1F. The van der Waals surface area contributed by atoms with E-state index < -0.39 is 18.5 Å². The van der Waals surface area contributed by atoms with Gasteiger partial charge >= 0.3 is 6.36 Å². The van der Waals surface area contributed by atoms with Gasteiger partial charge in [0.05, 0.1) is 29.4 Å². The van der Waals surface area contributed by atoms with E-state index in [1.807, 2.05) is 25.1 Å². The number of aliphatic hydroxyl groups excluding tert-OH is 1. The Hall–Kier alpha value is -4.67. The summed E-state index contributed by atoms with van der Waals surface area (Å²) in [5.74, 6) is -0.878. The van der Waals surface area contributed by atoms with Gasteiger partial charge in [-0.3, -0.25) is 9.69 Å². The van der Waals surface area contributed by atoms with Gasteiger partial charge in [0.15, 0.2) is 5.17 Å². The van der Waals surface area contributed by atoms with E-state index in [1.165, 1.54) is 40.2 Å². The summed E-state index contributed by atoms with van der Waals surface area (Å²) >= 11 is 1.16. The largest absolute Gasteiger partial charge is 0.573 e. The summed E-state index contributed by atoms with van der Waals surface area (Å²) in [6.07, 6.45) is -4.96. The number of amides is 1. The molecule has 1 atom stereocenters. The van der Waals surface area contributed by atoms with Crippen molar-refractivity contribution in [1.82, 2.24) is 14.8 Å². The minimum absolute atomic E-state index is 0.00699. The summed E-state index contributed by atoms with van der Waals surface area (Å²) in [5, 5.41) is 20.7. The second-order valence-electron chi connectivity index (χ2n) is 9.73. The fraction of sp³-hybridized carbons (Fsp3) is 0.241. The number of aryl methyl sites for hydroxylation is 1. The zero-order valence-electron chi connectivity index (χ0n) is 23.9. The van der Waals surface area contributed by atoms with E-state index >= 15 is 0 Å². The zero-order valence-corrected chi connectivity index (χ0v) is 24.7. The van der Waals surface area contributed by atoms with Crippen LogP contribution in [-0.4, -0.2) is 56.5 Å². The Balaban J connectivity index is 1.20. The molecule has 11 nitrogen and oxygen atoms in total. The lowest BCUT2D eigenvalue weighted by Gasteiger charge is -2.21. The standard InChI is InChI=1S/C29H27F4N7O4S/c1-17-3-5-19(14-43-2)24(11-17)40-25(41)15-45-28(40)37-27(42)36-23-10-4-18(12-22(23)30)13-34-26-35-16-39(38-26)20-6-8-21(9-7-20)44-29(31,32)33/h3-12,16,27,36,42H,13-15H2,1-2H3,(H,34,38). The number of benzene rings is 3. The predicted molar refractivity (Wildman–Crippen MR) is 161 cm³/mol. The maximum atomic E-state index is 14.9. The highest BCUT2D eigenvalue weighted by Gasteiger charge is 2.32. The average Bonchev–Trinajstić information content (AvgIpc) is 3.60. The van der Waals surface area contributed by atoms with Gasteiger partial charge in [0, 0.05) is 19.2 Å². The van der Waals surface area contributed by atoms with Gasteiger partial charge in [-0.25, -0.2) is 19.0 Å². The van der Waals surface area contributed by atoms with Gasteiger partial charge in [-0.05, 0) is 60.5 Å². The van der Waals surface area contributed by atoms with Crippen molar-refractivity contribution in [2.75, 3.05) is 28.4 Å². The number of amidine groups is 1. The number of anilines is 3. The number of hydrogen-bond acceptors (Lipinski definition) is 10. The number of hydrogen-bond donors (Lipinski definition) is 3. The molecule has 4 aromatic rings. The third-order valence-corrected chi connectivity index (χ3v) is 7.31. The molecule has 3 aromatic carbocycles. The molecule has 1 aliphatic heterocycles. The molecule has 236 valence electrons. The number of aromatic nitrogens is 3. The highest BCUT2D eigenvalue weighted by Crippen LogP contribution is 2.31. The van der Waals surface area contributed by atoms with E-state index in [0.717, 1.165) is 35.0 Å². The fourth-order valence-corrected chi connectivity index (χ4v) is 5.25. The maximum absolute atomic E-state index is 14.9. The van der Waals surface area contributed by atoms with Crippen molar-refractivity contribution in [2.24, 2.45) is 4.99 Å². The summed E-state index contributed by atoms with van der Waals surface area (Å²) in [7, 11) is 1.55. The molecule has 1 saturated heterocycles. The molecule has 3 N–H and O–H groups in total. The molecular formula is C29H27F4N7O4S. The molecule has 0 spiro atoms. The molecule has 0 saturated carbocycles. The Kier molecular flexibility index (Phi) is 9.55. The molecule has 45 heavy (non-hydrogen) atoms. The Morgan fingerprint density at radius 1 is 1.13 bits per heavy atom. The van der Waals surface area contributed by atoms with E-state index in [2.05, 4.69) is 30.4 Å². The van der Waals surface area contributed by atoms with Crippen LogP contribution in [0.1, 0.15) is 16.7 Å². The number of carbonyl (C=O) groups excluding carboxylic acids is 1. The number of alkyl halides is 3. The van der Waals surface area contributed by atoms with Crippen LogP contribution >= 0.6 is 11.8 Å². The van der Waals surface area contributed by atoms with E-state index in [0.29, 0.717) is 16.9 Å². The second kappa shape index (κ2) is 13.5. The van der Waals surface area contributed by atoms with Crippen LogP contribution in [0.3, 0.4) is 0 Å². The van der Waals surface area contributed by atoms with Crippen LogP contribution in [0.15, 0.2) is 72.0 Å². The summed E-state index contributed by atoms with van der Waals surface area (Å²) in [6, 6.07) is 15.0. The summed E-state index contributed by atoms with van der Waals surface area (Å²) in [6.45, 7) is 2.33. The monoisotopic (exact) mass is 645 g/mol. The number of nitrogens with zero attached hydrogens (tertiary/aromatic N) is 5. The summed E-state index contributed by atoms with van der Waals surface area (Å²) < 4.78 is 62.5. The van der Waals surface area contributed by atoms with Crippen LogP contribution in [0.4, 0.5) is 34.9 Å². The average molecular weight is 646 g/mol. The Bertz CT molecular complexity index is 1700. The first-order chi connectivity index (χ1) is 21.5. The van der Waals surface area contributed by atoms with Crippen LogP contribution in [-0.2, 0) is 22.7 Å². The Morgan fingerprint density at radius 2 is 1.91 bits per heavy atom. The van der Waals surface area contributed by atoms with Crippen molar-refractivity contribution < 1.29 is 36.9 Å². The van der Waals surface area contributed by atoms with Crippen LogP contribution in [0, 0.1) is 12.7 Å².